The van der Waals surface area contributed by atoms with Crippen LogP contribution in [0.3, 0.4) is 0 Å². The minimum absolute atomic E-state index is 0.0188. The highest BCUT2D eigenvalue weighted by molar-refractivity contribution is 7.89. The fourth-order valence-corrected chi connectivity index (χ4v) is 3.95. The number of sulfonamides is 1. The van der Waals surface area contributed by atoms with Gasteiger partial charge in [0.05, 0.1) is 10.6 Å². The average Bonchev–Trinajstić information content (AvgIpc) is 2.93. The number of hydrogen-bond acceptors (Lipinski definition) is 4. The zero-order chi connectivity index (χ0) is 18.9. The molecule has 0 atom stereocenters. The van der Waals surface area contributed by atoms with Gasteiger partial charge in [0.2, 0.25) is 21.8 Å². The van der Waals surface area contributed by atoms with Gasteiger partial charge in [-0.05, 0) is 42.0 Å². The maximum Gasteiger partial charge on any atom is 0.243 e. The number of amides is 2. The lowest BCUT2D eigenvalue weighted by Crippen LogP contribution is -2.29. The third-order valence-corrected chi connectivity index (χ3v) is 5.97. The summed E-state index contributed by atoms with van der Waals surface area (Å²) in [5, 5.41) is 0. The largest absolute Gasteiger partial charge is 0.274 e. The lowest BCUT2D eigenvalue weighted by molar-refractivity contribution is -0.121. The molecule has 2 aromatic rings. The maximum absolute atomic E-state index is 13.3. The molecule has 6 nitrogen and oxygen atoms in total. The fraction of sp³-hybridized carbons (Fsp3) is 0.222. The van der Waals surface area contributed by atoms with E-state index in [4.69, 9.17) is 0 Å². The molecule has 2 amide bonds. The molecule has 2 aromatic carbocycles. The third kappa shape index (κ3) is 3.51. The first-order valence-corrected chi connectivity index (χ1v) is 9.39. The molecule has 0 saturated carbocycles. The van der Waals surface area contributed by atoms with E-state index in [-0.39, 0.29) is 36.1 Å². The van der Waals surface area contributed by atoms with Crippen molar-refractivity contribution < 1.29 is 22.4 Å². The van der Waals surface area contributed by atoms with Gasteiger partial charge in [-0.3, -0.25) is 14.5 Å². The summed E-state index contributed by atoms with van der Waals surface area (Å²) in [6, 6.07) is 11.3. The van der Waals surface area contributed by atoms with Gasteiger partial charge in [-0.1, -0.05) is 12.1 Å². The number of benzene rings is 2. The molecule has 8 heteroatoms. The number of carbonyl (C=O) groups excluding carboxylic acids is 2. The van der Waals surface area contributed by atoms with Gasteiger partial charge in [0.15, 0.2) is 0 Å². The monoisotopic (exact) mass is 376 g/mol. The SMILES string of the molecule is CN(Cc1cccc(F)c1)S(=O)(=O)c1ccc(N2C(=O)CCC2=O)cc1. The van der Waals surface area contributed by atoms with Gasteiger partial charge in [0.1, 0.15) is 5.82 Å². The van der Waals surface area contributed by atoms with Crippen molar-refractivity contribution in [3.63, 3.8) is 0 Å². The van der Waals surface area contributed by atoms with Crippen LogP contribution in [0, 0.1) is 5.82 Å². The Bertz CT molecular complexity index is 941. The van der Waals surface area contributed by atoms with Crippen molar-refractivity contribution in [3.8, 4) is 0 Å². The van der Waals surface area contributed by atoms with Crippen LogP contribution in [0.15, 0.2) is 53.4 Å². The molecule has 0 N–H and O–H groups in total. The smallest absolute Gasteiger partial charge is 0.243 e. The molecule has 0 unspecified atom stereocenters. The second-order valence-electron chi connectivity index (χ2n) is 6.01. The van der Waals surface area contributed by atoms with Crippen molar-refractivity contribution >= 4 is 27.5 Å². The Morgan fingerprint density at radius 3 is 2.23 bits per heavy atom. The highest BCUT2D eigenvalue weighted by atomic mass is 32.2. The molecule has 1 aliphatic rings. The summed E-state index contributed by atoms with van der Waals surface area (Å²) in [7, 11) is -2.39. The highest BCUT2D eigenvalue weighted by Crippen LogP contribution is 2.25. The number of carbonyl (C=O) groups is 2. The molecule has 0 aliphatic carbocycles. The van der Waals surface area contributed by atoms with Crippen LogP contribution < -0.4 is 4.90 Å². The van der Waals surface area contributed by atoms with E-state index >= 15 is 0 Å². The molecule has 1 fully saturated rings. The number of nitrogens with zero attached hydrogens (tertiary/aromatic N) is 2. The summed E-state index contributed by atoms with van der Waals surface area (Å²) in [4.78, 5) is 24.6. The van der Waals surface area contributed by atoms with Crippen LogP contribution in [-0.4, -0.2) is 31.6 Å². The Labute approximate surface area is 150 Å². The first kappa shape index (κ1) is 18.2. The number of halogens is 1. The van der Waals surface area contributed by atoms with Crippen LogP contribution in [0.25, 0.3) is 0 Å². The third-order valence-electron chi connectivity index (χ3n) is 4.15. The molecule has 1 saturated heterocycles. The summed E-state index contributed by atoms with van der Waals surface area (Å²) in [6.07, 6.45) is 0.324. The predicted molar refractivity (Wildman–Crippen MR) is 93.2 cm³/mol. The van der Waals surface area contributed by atoms with Crippen LogP contribution in [0.2, 0.25) is 0 Å². The van der Waals surface area contributed by atoms with E-state index in [2.05, 4.69) is 0 Å². The number of imide groups is 1. The van der Waals surface area contributed by atoms with Gasteiger partial charge in [-0.15, -0.1) is 0 Å². The maximum atomic E-state index is 13.3. The van der Waals surface area contributed by atoms with E-state index in [9.17, 15) is 22.4 Å². The van der Waals surface area contributed by atoms with Gasteiger partial charge in [0.25, 0.3) is 0 Å². The molecular formula is C18H17FN2O4S. The molecule has 0 aromatic heterocycles. The second kappa shape index (κ2) is 6.97. The molecule has 1 heterocycles. The van der Waals surface area contributed by atoms with Crippen molar-refractivity contribution in [1.29, 1.82) is 0 Å². The van der Waals surface area contributed by atoms with E-state index in [1.165, 1.54) is 49.5 Å². The molecule has 0 bridgehead atoms. The molecule has 26 heavy (non-hydrogen) atoms. The summed E-state index contributed by atoms with van der Waals surface area (Å²) < 4.78 is 39.7. The van der Waals surface area contributed by atoms with E-state index < -0.39 is 15.8 Å². The highest BCUT2D eigenvalue weighted by Gasteiger charge is 2.30. The Kier molecular flexibility index (Phi) is 4.88. The quantitative estimate of drug-likeness (QED) is 0.751. The van der Waals surface area contributed by atoms with Crippen LogP contribution >= 0.6 is 0 Å². The van der Waals surface area contributed by atoms with Crippen molar-refractivity contribution in [3.05, 3.63) is 59.9 Å². The van der Waals surface area contributed by atoms with E-state index in [0.29, 0.717) is 11.3 Å². The second-order valence-corrected chi connectivity index (χ2v) is 8.05. The number of anilines is 1. The fourth-order valence-electron chi connectivity index (χ4n) is 2.79. The van der Waals surface area contributed by atoms with E-state index in [1.807, 2.05) is 0 Å². The summed E-state index contributed by atoms with van der Waals surface area (Å²) in [6.45, 7) is 0.0188. The van der Waals surface area contributed by atoms with Gasteiger partial charge in [0, 0.05) is 26.4 Å². The van der Waals surface area contributed by atoms with Crippen molar-refractivity contribution in [2.45, 2.75) is 24.3 Å². The Morgan fingerprint density at radius 2 is 1.65 bits per heavy atom. The zero-order valence-electron chi connectivity index (χ0n) is 14.1. The lowest BCUT2D eigenvalue weighted by Gasteiger charge is -2.18. The van der Waals surface area contributed by atoms with Gasteiger partial charge >= 0.3 is 0 Å². The zero-order valence-corrected chi connectivity index (χ0v) is 14.9. The van der Waals surface area contributed by atoms with Crippen molar-refractivity contribution in [2.24, 2.45) is 0 Å². The predicted octanol–water partition coefficient (Wildman–Crippen LogP) is 2.30. The summed E-state index contributed by atoms with van der Waals surface area (Å²) in [5.41, 5.74) is 0.880. The Morgan fingerprint density at radius 1 is 1.04 bits per heavy atom. The van der Waals surface area contributed by atoms with Crippen LogP contribution in [0.1, 0.15) is 18.4 Å². The molecule has 0 spiro atoms. The molecule has 3 rings (SSSR count). The van der Waals surface area contributed by atoms with E-state index in [0.717, 1.165) is 9.21 Å². The summed E-state index contributed by atoms with van der Waals surface area (Å²) >= 11 is 0. The minimum atomic E-state index is -3.79. The van der Waals surface area contributed by atoms with E-state index in [1.54, 1.807) is 6.07 Å². The van der Waals surface area contributed by atoms with Gasteiger partial charge < -0.3 is 0 Å². The molecule has 0 radical (unpaired) electrons. The van der Waals surface area contributed by atoms with Crippen molar-refractivity contribution in [1.82, 2.24) is 4.31 Å². The minimum Gasteiger partial charge on any atom is -0.274 e. The number of rotatable bonds is 5. The number of hydrogen-bond donors (Lipinski definition) is 0. The van der Waals surface area contributed by atoms with Gasteiger partial charge in [-0.2, -0.15) is 4.31 Å². The first-order valence-electron chi connectivity index (χ1n) is 7.95. The molecule has 136 valence electrons. The van der Waals surface area contributed by atoms with Crippen LogP contribution in [0.4, 0.5) is 10.1 Å². The first-order chi connectivity index (χ1) is 12.3. The topological polar surface area (TPSA) is 74.8 Å². The standard InChI is InChI=1S/C18H17FN2O4S/c1-20(12-13-3-2-4-14(19)11-13)26(24,25)16-7-5-15(6-8-16)21-17(22)9-10-18(21)23/h2-8,11H,9-10,12H2,1H3. The summed E-state index contributed by atoms with van der Waals surface area (Å²) in [5.74, 6) is -1.03. The normalized spacial score (nSPS) is 15.1. The average molecular weight is 376 g/mol. The Balaban J connectivity index is 1.81. The lowest BCUT2D eigenvalue weighted by atomic mass is 10.2. The van der Waals surface area contributed by atoms with Crippen LogP contribution in [-0.2, 0) is 26.2 Å². The molecular weight excluding hydrogens is 359 g/mol. The van der Waals surface area contributed by atoms with Crippen LogP contribution in [0.5, 0.6) is 0 Å². The van der Waals surface area contributed by atoms with Gasteiger partial charge in [-0.25, -0.2) is 12.8 Å². The van der Waals surface area contributed by atoms with Crippen molar-refractivity contribution in [2.75, 3.05) is 11.9 Å². The molecule has 1 aliphatic heterocycles. The Hall–Kier alpha value is -2.58.